The van der Waals surface area contributed by atoms with Crippen LogP contribution in [0.4, 0.5) is 13.2 Å². The summed E-state index contributed by atoms with van der Waals surface area (Å²) in [7, 11) is 1.45. The van der Waals surface area contributed by atoms with Crippen LogP contribution in [-0.2, 0) is 6.42 Å². The zero-order valence-electron chi connectivity index (χ0n) is 12.4. The average Bonchev–Trinajstić information content (AvgIpc) is 3.23. The summed E-state index contributed by atoms with van der Waals surface area (Å²) in [6.45, 7) is 0. The molecule has 7 nitrogen and oxygen atoms in total. The third-order valence-corrected chi connectivity index (χ3v) is 3.26. The van der Waals surface area contributed by atoms with Gasteiger partial charge < -0.3 is 9.26 Å². The number of rotatable bonds is 5. The van der Waals surface area contributed by atoms with Gasteiger partial charge in [0, 0.05) is 30.2 Å². The summed E-state index contributed by atoms with van der Waals surface area (Å²) in [5.74, 6) is 0.356. The topological polar surface area (TPSA) is 78.9 Å². The predicted molar refractivity (Wildman–Crippen MR) is 75.1 cm³/mol. The Labute approximate surface area is 134 Å². The molecule has 3 aromatic heterocycles. The maximum absolute atomic E-state index is 13.2. The molecule has 0 bridgehead atoms. The van der Waals surface area contributed by atoms with E-state index in [1.165, 1.54) is 31.8 Å². The van der Waals surface area contributed by atoms with E-state index < -0.39 is 18.6 Å². The summed E-state index contributed by atoms with van der Waals surface area (Å²) in [5.41, 5.74) is 0.527. The van der Waals surface area contributed by atoms with Crippen LogP contribution in [0, 0.1) is 0 Å². The molecule has 0 radical (unpaired) electrons. The number of nitrogens with zero attached hydrogens (tertiary/aromatic N) is 5. The molecular formula is C14H12F3N5O2. The number of halogens is 3. The fourth-order valence-corrected chi connectivity index (χ4v) is 2.10. The highest BCUT2D eigenvalue weighted by Gasteiger charge is 2.42. The van der Waals surface area contributed by atoms with Crippen molar-refractivity contribution in [2.45, 2.75) is 18.6 Å². The second-order valence-electron chi connectivity index (χ2n) is 4.85. The molecule has 0 aliphatic heterocycles. The minimum atomic E-state index is -4.50. The van der Waals surface area contributed by atoms with Crippen LogP contribution in [0.1, 0.15) is 11.9 Å². The van der Waals surface area contributed by atoms with Crippen molar-refractivity contribution in [2.24, 2.45) is 0 Å². The molecular weight excluding hydrogens is 327 g/mol. The Balaban J connectivity index is 1.84. The van der Waals surface area contributed by atoms with Gasteiger partial charge in [0.15, 0.2) is 6.04 Å². The first kappa shape index (κ1) is 16.0. The summed E-state index contributed by atoms with van der Waals surface area (Å²) in [5, 5.41) is 7.36. The smallest absolute Gasteiger partial charge is 0.411 e. The van der Waals surface area contributed by atoms with Crippen LogP contribution in [0.15, 0.2) is 41.3 Å². The number of alkyl halides is 3. The monoisotopic (exact) mass is 339 g/mol. The van der Waals surface area contributed by atoms with Crippen molar-refractivity contribution in [1.29, 1.82) is 0 Å². The molecule has 24 heavy (non-hydrogen) atoms. The van der Waals surface area contributed by atoms with Gasteiger partial charge in [0.05, 0.1) is 13.5 Å². The number of pyridine rings is 1. The Morgan fingerprint density at radius 3 is 2.83 bits per heavy atom. The van der Waals surface area contributed by atoms with Gasteiger partial charge in [-0.05, 0) is 12.1 Å². The van der Waals surface area contributed by atoms with E-state index in [9.17, 15) is 13.2 Å². The lowest BCUT2D eigenvalue weighted by molar-refractivity contribution is -0.171. The largest absolute Gasteiger partial charge is 0.481 e. The van der Waals surface area contributed by atoms with Crippen LogP contribution in [0.5, 0.6) is 5.88 Å². The fourth-order valence-electron chi connectivity index (χ4n) is 2.10. The van der Waals surface area contributed by atoms with Gasteiger partial charge in [0.1, 0.15) is 0 Å². The van der Waals surface area contributed by atoms with E-state index in [1.54, 1.807) is 12.1 Å². The molecule has 126 valence electrons. The number of ether oxygens (including phenoxy) is 1. The molecule has 3 heterocycles. The SMILES string of the molecule is COc1cc(-c2noc(CC(n3cccn3)C(F)(F)F)n2)ccn1. The van der Waals surface area contributed by atoms with Crippen molar-refractivity contribution in [3.63, 3.8) is 0 Å². The number of hydrogen-bond donors (Lipinski definition) is 0. The standard InChI is InChI=1S/C14H12F3N5O2/c1-23-11-7-9(3-5-18-11)13-20-12(24-21-13)8-10(14(15,16)17)22-6-2-4-19-22/h2-7,10H,8H2,1H3. The lowest BCUT2D eigenvalue weighted by Crippen LogP contribution is -2.29. The number of aromatic nitrogens is 5. The van der Waals surface area contributed by atoms with E-state index in [2.05, 4.69) is 20.2 Å². The van der Waals surface area contributed by atoms with E-state index >= 15 is 0 Å². The first-order valence-corrected chi connectivity index (χ1v) is 6.86. The predicted octanol–water partition coefficient (Wildman–Crippen LogP) is 2.68. The minimum Gasteiger partial charge on any atom is -0.481 e. The molecule has 0 fully saturated rings. The molecule has 0 N–H and O–H groups in total. The molecule has 0 saturated carbocycles. The Kier molecular flexibility index (Phi) is 4.19. The van der Waals surface area contributed by atoms with E-state index in [4.69, 9.17) is 9.26 Å². The van der Waals surface area contributed by atoms with Crippen LogP contribution >= 0.6 is 0 Å². The molecule has 10 heteroatoms. The van der Waals surface area contributed by atoms with Gasteiger partial charge in [0.2, 0.25) is 17.6 Å². The van der Waals surface area contributed by atoms with Crippen LogP contribution < -0.4 is 4.74 Å². The summed E-state index contributed by atoms with van der Waals surface area (Å²) >= 11 is 0. The third kappa shape index (κ3) is 3.36. The van der Waals surface area contributed by atoms with Gasteiger partial charge >= 0.3 is 6.18 Å². The maximum atomic E-state index is 13.2. The summed E-state index contributed by atoms with van der Waals surface area (Å²) in [6, 6.07) is 2.70. The highest BCUT2D eigenvalue weighted by atomic mass is 19.4. The molecule has 3 rings (SSSR count). The minimum absolute atomic E-state index is 0.140. The molecule has 3 aromatic rings. The Morgan fingerprint density at radius 2 is 2.17 bits per heavy atom. The molecule has 1 atom stereocenters. The van der Waals surface area contributed by atoms with E-state index in [-0.39, 0.29) is 11.7 Å². The van der Waals surface area contributed by atoms with Crippen molar-refractivity contribution in [3.05, 3.63) is 42.7 Å². The zero-order valence-corrected chi connectivity index (χ0v) is 12.4. The van der Waals surface area contributed by atoms with E-state index in [0.29, 0.717) is 11.4 Å². The summed E-state index contributed by atoms with van der Waals surface area (Å²) in [6.07, 6.45) is -1.02. The van der Waals surface area contributed by atoms with Gasteiger partial charge in [-0.25, -0.2) is 4.98 Å². The number of hydrogen-bond acceptors (Lipinski definition) is 6. The van der Waals surface area contributed by atoms with Crippen LogP contribution in [0.3, 0.4) is 0 Å². The van der Waals surface area contributed by atoms with Gasteiger partial charge in [-0.2, -0.15) is 23.3 Å². The van der Waals surface area contributed by atoms with Crippen molar-refractivity contribution >= 4 is 0 Å². The van der Waals surface area contributed by atoms with E-state index in [1.807, 2.05) is 0 Å². The lowest BCUT2D eigenvalue weighted by atomic mass is 10.2. The summed E-state index contributed by atoms with van der Waals surface area (Å²) < 4.78 is 50.4. The van der Waals surface area contributed by atoms with Crippen molar-refractivity contribution in [2.75, 3.05) is 7.11 Å². The Bertz CT molecular complexity index is 801. The zero-order chi connectivity index (χ0) is 17.2. The maximum Gasteiger partial charge on any atom is 0.411 e. The highest BCUT2D eigenvalue weighted by molar-refractivity contribution is 5.55. The third-order valence-electron chi connectivity index (χ3n) is 3.26. The average molecular weight is 339 g/mol. The van der Waals surface area contributed by atoms with Gasteiger partial charge in [0.25, 0.3) is 0 Å². The van der Waals surface area contributed by atoms with Gasteiger partial charge in [-0.3, -0.25) is 4.68 Å². The van der Waals surface area contributed by atoms with E-state index in [0.717, 1.165) is 4.68 Å². The first-order valence-electron chi connectivity index (χ1n) is 6.86. The van der Waals surface area contributed by atoms with Crippen molar-refractivity contribution < 1.29 is 22.4 Å². The molecule has 0 aromatic carbocycles. The van der Waals surface area contributed by atoms with Crippen molar-refractivity contribution in [1.82, 2.24) is 24.9 Å². The fraction of sp³-hybridized carbons (Fsp3) is 0.286. The summed E-state index contributed by atoms with van der Waals surface area (Å²) in [4.78, 5) is 7.95. The molecule has 0 amide bonds. The Hall–Kier alpha value is -2.91. The second kappa shape index (κ2) is 6.30. The van der Waals surface area contributed by atoms with Crippen LogP contribution in [0.25, 0.3) is 11.4 Å². The quantitative estimate of drug-likeness (QED) is 0.711. The normalized spacial score (nSPS) is 13.0. The van der Waals surface area contributed by atoms with Crippen LogP contribution in [-0.4, -0.2) is 38.2 Å². The van der Waals surface area contributed by atoms with Crippen molar-refractivity contribution in [3.8, 4) is 17.3 Å². The molecule has 0 spiro atoms. The lowest BCUT2D eigenvalue weighted by Gasteiger charge is -2.18. The highest BCUT2D eigenvalue weighted by Crippen LogP contribution is 2.33. The van der Waals surface area contributed by atoms with Gasteiger partial charge in [-0.1, -0.05) is 5.16 Å². The number of methoxy groups -OCH3 is 1. The molecule has 0 saturated heterocycles. The Morgan fingerprint density at radius 1 is 1.33 bits per heavy atom. The second-order valence-corrected chi connectivity index (χ2v) is 4.85. The molecule has 0 aliphatic rings. The van der Waals surface area contributed by atoms with Gasteiger partial charge in [-0.15, -0.1) is 0 Å². The first-order chi connectivity index (χ1) is 11.5. The molecule has 1 unspecified atom stereocenters. The molecule has 0 aliphatic carbocycles. The van der Waals surface area contributed by atoms with Crippen LogP contribution in [0.2, 0.25) is 0 Å².